The van der Waals surface area contributed by atoms with Gasteiger partial charge >= 0.3 is 12.1 Å². The lowest BCUT2D eigenvalue weighted by molar-refractivity contribution is -0.159. The lowest BCUT2D eigenvalue weighted by Crippen LogP contribution is -2.59. The predicted molar refractivity (Wildman–Crippen MR) is 60.5 cm³/mol. The van der Waals surface area contributed by atoms with Crippen LogP contribution in [0.5, 0.6) is 0 Å². The fraction of sp³-hybridized carbons (Fsp3) is 0.833. The van der Waals surface area contributed by atoms with Gasteiger partial charge in [-0.2, -0.15) is 0 Å². The Labute approximate surface area is 101 Å². The van der Waals surface area contributed by atoms with Crippen molar-refractivity contribution in [1.82, 2.24) is 4.90 Å². The molecule has 2 heterocycles. The number of hydrogen-bond donors (Lipinski definition) is 1. The maximum Gasteiger partial charge on any atom is 0.410 e. The molecule has 3 aliphatic rings. The Hall–Kier alpha value is -1.26. The van der Waals surface area contributed by atoms with Crippen molar-refractivity contribution in [3.05, 3.63) is 0 Å². The molecule has 96 valence electrons. The Morgan fingerprint density at radius 2 is 1.76 bits per heavy atom. The molecule has 0 aromatic carbocycles. The van der Waals surface area contributed by atoms with E-state index in [1.54, 1.807) is 4.90 Å². The van der Waals surface area contributed by atoms with Crippen LogP contribution in [0.25, 0.3) is 0 Å². The highest BCUT2D eigenvalue weighted by atomic mass is 16.6. The minimum Gasteiger partial charge on any atom is -0.481 e. The Morgan fingerprint density at radius 3 is 2.18 bits per heavy atom. The monoisotopic (exact) mass is 241 g/mol. The van der Waals surface area contributed by atoms with Gasteiger partial charge in [0.1, 0.15) is 5.60 Å². The molecule has 0 aromatic heterocycles. The maximum atomic E-state index is 11.8. The van der Waals surface area contributed by atoms with Crippen molar-refractivity contribution in [1.29, 1.82) is 0 Å². The summed E-state index contributed by atoms with van der Waals surface area (Å²) in [5.74, 6) is -0.763. The van der Waals surface area contributed by atoms with E-state index in [0.29, 0.717) is 13.1 Å². The predicted octanol–water partition coefficient (Wildman–Crippen LogP) is 1.57. The Balaban J connectivity index is 1.92. The summed E-state index contributed by atoms with van der Waals surface area (Å²) in [6.45, 7) is 6.52. The molecule has 2 atom stereocenters. The molecule has 3 rings (SSSR count). The van der Waals surface area contributed by atoms with Crippen LogP contribution in [0.3, 0.4) is 0 Å². The van der Waals surface area contributed by atoms with Crippen LogP contribution < -0.4 is 0 Å². The normalized spacial score (nSPS) is 31.7. The third kappa shape index (κ3) is 2.37. The van der Waals surface area contributed by atoms with Crippen LogP contribution in [0.2, 0.25) is 0 Å². The van der Waals surface area contributed by atoms with Gasteiger partial charge in [-0.1, -0.05) is 0 Å². The second-order valence-corrected chi connectivity index (χ2v) is 6.01. The second-order valence-electron chi connectivity index (χ2n) is 6.01. The van der Waals surface area contributed by atoms with Gasteiger partial charge in [0, 0.05) is 13.1 Å². The largest absolute Gasteiger partial charge is 0.481 e. The summed E-state index contributed by atoms with van der Waals surface area (Å²) in [6, 6.07) is 0. The summed E-state index contributed by atoms with van der Waals surface area (Å²) in [5, 5.41) is 9.02. The first-order chi connectivity index (χ1) is 7.78. The minimum atomic E-state index is -0.727. The van der Waals surface area contributed by atoms with Gasteiger partial charge in [-0.25, -0.2) is 4.79 Å². The van der Waals surface area contributed by atoms with Gasteiger partial charge in [-0.3, -0.25) is 4.79 Å². The Bertz CT molecular complexity index is 335. The van der Waals surface area contributed by atoms with Gasteiger partial charge in [0.05, 0.1) is 5.92 Å². The standard InChI is InChI=1S/C12H19NO4/c1-12(2,3)17-11(16)13-5-7-4-8(6-13)9(7)10(14)15/h7-9H,4-6H2,1-3H3,(H,14,15)/t7-,8-/m0/s1. The minimum absolute atomic E-state index is 0.110. The van der Waals surface area contributed by atoms with Gasteiger partial charge < -0.3 is 14.7 Å². The number of piperidine rings is 2. The van der Waals surface area contributed by atoms with E-state index < -0.39 is 11.6 Å². The number of aliphatic carboxylic acids is 1. The number of carbonyl (C=O) groups is 2. The molecule has 2 bridgehead atoms. The molecule has 0 aromatic rings. The number of ether oxygens (including phenoxy) is 1. The van der Waals surface area contributed by atoms with Crippen molar-refractivity contribution in [2.75, 3.05) is 13.1 Å². The molecule has 1 aliphatic carbocycles. The zero-order valence-corrected chi connectivity index (χ0v) is 10.5. The average molecular weight is 241 g/mol. The Morgan fingerprint density at radius 1 is 1.24 bits per heavy atom. The number of carboxylic acids is 1. The number of amides is 1. The number of nitrogens with zero attached hydrogens (tertiary/aromatic N) is 1. The number of carbonyl (C=O) groups excluding carboxylic acids is 1. The molecule has 1 saturated carbocycles. The SMILES string of the molecule is CC(C)(C)OC(=O)N1C[C@@H]2C[C@@H](C1)C2C(=O)O. The highest BCUT2D eigenvalue weighted by Crippen LogP contribution is 2.45. The van der Waals surface area contributed by atoms with Crippen molar-refractivity contribution in [3.63, 3.8) is 0 Å². The first-order valence-corrected chi connectivity index (χ1v) is 5.98. The lowest BCUT2D eigenvalue weighted by Gasteiger charge is -2.51. The first kappa shape index (κ1) is 12.2. The molecule has 2 saturated heterocycles. The van der Waals surface area contributed by atoms with E-state index in [1.807, 2.05) is 20.8 Å². The van der Waals surface area contributed by atoms with Crippen LogP contribution in [0, 0.1) is 17.8 Å². The smallest absolute Gasteiger partial charge is 0.410 e. The molecule has 0 unspecified atom stereocenters. The fourth-order valence-corrected chi connectivity index (χ4v) is 2.77. The molecule has 1 N–H and O–H groups in total. The summed E-state index contributed by atoms with van der Waals surface area (Å²) in [4.78, 5) is 24.4. The summed E-state index contributed by atoms with van der Waals surface area (Å²) in [5.41, 5.74) is -0.495. The van der Waals surface area contributed by atoms with Gasteiger partial charge in [0.15, 0.2) is 0 Å². The molecule has 5 nitrogen and oxygen atoms in total. The van der Waals surface area contributed by atoms with Crippen molar-refractivity contribution >= 4 is 12.1 Å². The van der Waals surface area contributed by atoms with Crippen LogP contribution in [0.4, 0.5) is 4.79 Å². The number of hydrogen-bond acceptors (Lipinski definition) is 3. The van der Waals surface area contributed by atoms with Crippen LogP contribution in [-0.4, -0.2) is 40.8 Å². The third-order valence-electron chi connectivity index (χ3n) is 3.47. The number of rotatable bonds is 1. The molecular formula is C12H19NO4. The third-order valence-corrected chi connectivity index (χ3v) is 3.47. The van der Waals surface area contributed by atoms with Crippen molar-refractivity contribution in [2.24, 2.45) is 17.8 Å². The number of fused-ring (bicyclic) bond motifs is 2. The van der Waals surface area contributed by atoms with Crippen LogP contribution in [0.1, 0.15) is 27.2 Å². The zero-order valence-electron chi connectivity index (χ0n) is 10.5. The summed E-state index contributed by atoms with van der Waals surface area (Å²) in [7, 11) is 0. The summed E-state index contributed by atoms with van der Waals surface area (Å²) in [6.07, 6.45) is 0.604. The molecule has 17 heavy (non-hydrogen) atoms. The molecule has 3 fully saturated rings. The van der Waals surface area contributed by atoms with Crippen molar-refractivity contribution in [3.8, 4) is 0 Å². The average Bonchev–Trinajstić information content (AvgIpc) is 2.13. The van der Waals surface area contributed by atoms with Gasteiger partial charge in [-0.15, -0.1) is 0 Å². The van der Waals surface area contributed by atoms with Crippen molar-refractivity contribution < 1.29 is 19.4 Å². The summed E-state index contributed by atoms with van der Waals surface area (Å²) < 4.78 is 5.28. The molecule has 0 spiro atoms. The maximum absolute atomic E-state index is 11.8. The topological polar surface area (TPSA) is 66.8 Å². The molecular weight excluding hydrogens is 222 g/mol. The quantitative estimate of drug-likeness (QED) is 0.756. The van der Waals surface area contributed by atoms with E-state index in [4.69, 9.17) is 9.84 Å². The number of carboxylic acid groups (broad SMARTS) is 1. The molecule has 5 heteroatoms. The fourth-order valence-electron chi connectivity index (χ4n) is 2.77. The van der Waals surface area contributed by atoms with Crippen LogP contribution in [-0.2, 0) is 9.53 Å². The molecule has 0 radical (unpaired) electrons. The van der Waals surface area contributed by atoms with E-state index in [2.05, 4.69) is 0 Å². The molecule has 1 amide bonds. The van der Waals surface area contributed by atoms with Crippen LogP contribution >= 0.6 is 0 Å². The lowest BCUT2D eigenvalue weighted by atomic mass is 9.62. The van der Waals surface area contributed by atoms with Crippen LogP contribution in [0.15, 0.2) is 0 Å². The van der Waals surface area contributed by atoms with Gasteiger partial charge in [0.2, 0.25) is 0 Å². The second kappa shape index (κ2) is 3.89. The highest BCUT2D eigenvalue weighted by Gasteiger charge is 2.51. The Kier molecular flexibility index (Phi) is 2.79. The summed E-state index contributed by atoms with van der Waals surface area (Å²) >= 11 is 0. The van der Waals surface area contributed by atoms with E-state index >= 15 is 0 Å². The first-order valence-electron chi connectivity index (χ1n) is 5.98. The van der Waals surface area contributed by atoms with E-state index in [9.17, 15) is 9.59 Å². The highest BCUT2D eigenvalue weighted by molar-refractivity contribution is 5.74. The zero-order chi connectivity index (χ0) is 12.8. The van der Waals surface area contributed by atoms with Gasteiger partial charge in [-0.05, 0) is 39.0 Å². The van der Waals surface area contributed by atoms with Crippen molar-refractivity contribution in [2.45, 2.75) is 32.8 Å². The molecule has 2 aliphatic heterocycles. The van der Waals surface area contributed by atoms with E-state index in [0.717, 1.165) is 6.42 Å². The van der Waals surface area contributed by atoms with Gasteiger partial charge in [0.25, 0.3) is 0 Å². The van der Waals surface area contributed by atoms with E-state index in [1.165, 1.54) is 0 Å². The van der Waals surface area contributed by atoms with E-state index in [-0.39, 0.29) is 23.8 Å².